The Morgan fingerprint density at radius 2 is 1.90 bits per heavy atom. The van der Waals surface area contributed by atoms with Crippen LogP contribution in [0.2, 0.25) is 5.02 Å². The van der Waals surface area contributed by atoms with Gasteiger partial charge in [-0.3, -0.25) is 0 Å². The van der Waals surface area contributed by atoms with Crippen LogP contribution in [-0.4, -0.2) is 6.61 Å². The minimum absolute atomic E-state index is 0.406. The number of ether oxygens (including phenoxy) is 1. The molecule has 0 aliphatic carbocycles. The van der Waals surface area contributed by atoms with Crippen molar-refractivity contribution in [2.75, 3.05) is 6.61 Å². The molecule has 0 fully saturated rings. The average molecular weight is 386 g/mol. The van der Waals surface area contributed by atoms with Crippen LogP contribution in [0.3, 0.4) is 0 Å². The molecule has 2 aromatic carbocycles. The van der Waals surface area contributed by atoms with E-state index in [1.54, 1.807) is 0 Å². The topological polar surface area (TPSA) is 9.23 Å². The lowest BCUT2D eigenvalue weighted by atomic mass is 10.1. The molecule has 20 heavy (non-hydrogen) atoms. The summed E-state index contributed by atoms with van der Waals surface area (Å²) in [4.78, 5) is 2.25. The van der Waals surface area contributed by atoms with Gasteiger partial charge in [0.1, 0.15) is 12.4 Å². The molecular weight excluding hydrogens is 376 g/mol. The molecule has 0 saturated heterocycles. The van der Waals surface area contributed by atoms with Gasteiger partial charge >= 0.3 is 0 Å². The van der Waals surface area contributed by atoms with E-state index in [0.717, 1.165) is 30.6 Å². The maximum Gasteiger partial charge on any atom is 0.129 e. The number of hydrogen-bond donors (Lipinski definition) is 0. The van der Waals surface area contributed by atoms with E-state index < -0.39 is 9.45 Å². The van der Waals surface area contributed by atoms with Crippen molar-refractivity contribution in [3.63, 3.8) is 0 Å². The summed E-state index contributed by atoms with van der Waals surface area (Å²) in [6.07, 6.45) is 2.07. The van der Waals surface area contributed by atoms with Crippen molar-refractivity contribution in [2.45, 2.75) is 4.90 Å². The van der Waals surface area contributed by atoms with Crippen molar-refractivity contribution in [1.82, 2.24) is 0 Å². The highest BCUT2D eigenvalue weighted by Gasteiger charge is 2.17. The highest BCUT2D eigenvalue weighted by atomic mass is 79.9. The molecule has 0 radical (unpaired) electrons. The Kier molecular flexibility index (Phi) is 4.26. The Labute approximate surface area is 138 Å². The van der Waals surface area contributed by atoms with E-state index in [-0.39, 0.29) is 0 Å². The zero-order chi connectivity index (χ0) is 14.1. The molecule has 1 nitrogen and oxygen atoms in total. The lowest BCUT2D eigenvalue weighted by Gasteiger charge is -2.20. The maximum atomic E-state index is 5.93. The summed E-state index contributed by atoms with van der Waals surface area (Å²) in [5, 5.41) is 0.728. The Bertz CT molecular complexity index is 710. The zero-order valence-electron chi connectivity index (χ0n) is 10.3. The molecule has 0 saturated carbocycles. The van der Waals surface area contributed by atoms with Crippen LogP contribution in [0.5, 0.6) is 5.75 Å². The molecule has 3 rings (SSSR count). The predicted molar refractivity (Wildman–Crippen MR) is 92.1 cm³/mol. The van der Waals surface area contributed by atoms with Gasteiger partial charge in [0.15, 0.2) is 0 Å². The van der Waals surface area contributed by atoms with Gasteiger partial charge in [0.05, 0.1) is 0 Å². The molecule has 1 aliphatic heterocycles. The monoisotopic (exact) mass is 384 g/mol. The summed E-state index contributed by atoms with van der Waals surface area (Å²) in [5.74, 6) is 0.883. The molecule has 0 spiro atoms. The number of rotatable bonds is 2. The normalized spacial score (nSPS) is 15.0. The maximum absolute atomic E-state index is 5.93. The fraction of sp³-hybridized carbons (Fsp3) is 0.0667. The lowest BCUT2D eigenvalue weighted by molar-refractivity contribution is 0.358. The van der Waals surface area contributed by atoms with Crippen LogP contribution >= 0.6 is 27.5 Å². The van der Waals surface area contributed by atoms with E-state index in [1.807, 2.05) is 42.5 Å². The molecule has 0 N–H and O–H groups in total. The summed E-state index contributed by atoms with van der Waals surface area (Å²) in [6, 6.07) is 13.8. The fourth-order valence-electron chi connectivity index (χ4n) is 2.00. The molecule has 0 bridgehead atoms. The van der Waals surface area contributed by atoms with Crippen LogP contribution in [-0.2, 0) is 20.6 Å². The highest BCUT2D eigenvalue weighted by molar-refractivity contribution is 9.10. The first-order valence-corrected chi connectivity index (χ1v) is 9.27. The molecule has 1 heterocycles. The zero-order valence-corrected chi connectivity index (χ0v) is 14.3. The molecular formula is C15H10BrClOS2. The van der Waals surface area contributed by atoms with Gasteiger partial charge in [-0.1, -0.05) is 37.0 Å². The second-order valence-electron chi connectivity index (χ2n) is 4.24. The highest BCUT2D eigenvalue weighted by Crippen LogP contribution is 2.36. The summed E-state index contributed by atoms with van der Waals surface area (Å²) in [6.45, 7) is 0.562. The van der Waals surface area contributed by atoms with Gasteiger partial charge in [0.25, 0.3) is 0 Å². The van der Waals surface area contributed by atoms with Crippen LogP contribution in [0.1, 0.15) is 5.56 Å². The first kappa shape index (κ1) is 14.3. The summed E-state index contributed by atoms with van der Waals surface area (Å²) < 4.78 is 6.68. The Hall–Kier alpha value is -0.680. The van der Waals surface area contributed by atoms with E-state index >= 15 is 0 Å². The third kappa shape index (κ3) is 2.84. The smallest absolute Gasteiger partial charge is 0.129 e. The standard InChI is InChI=1S/C15H10BrClOS2/c16-10-1-6-13-14(9-10)18-8-7-15(13)20(19)12-4-2-11(17)3-5-12/h1-7,9H,8H2. The Balaban J connectivity index is 2.01. The van der Waals surface area contributed by atoms with E-state index in [0.29, 0.717) is 6.61 Å². The van der Waals surface area contributed by atoms with Crippen molar-refractivity contribution < 1.29 is 4.74 Å². The second-order valence-corrected chi connectivity index (χ2v) is 8.04. The van der Waals surface area contributed by atoms with Gasteiger partial charge in [-0.05, 0) is 59.7 Å². The molecule has 102 valence electrons. The Morgan fingerprint density at radius 1 is 1.15 bits per heavy atom. The largest absolute Gasteiger partial charge is 0.489 e. The molecule has 1 unspecified atom stereocenters. The van der Waals surface area contributed by atoms with Crippen molar-refractivity contribution in [2.24, 2.45) is 0 Å². The minimum atomic E-state index is -0.406. The van der Waals surface area contributed by atoms with Crippen LogP contribution in [0, 0.1) is 0 Å². The summed E-state index contributed by atoms with van der Waals surface area (Å²) in [5.41, 5.74) is 1.08. The molecule has 2 aromatic rings. The fourth-order valence-corrected chi connectivity index (χ4v) is 4.49. The molecule has 1 atom stereocenters. The van der Waals surface area contributed by atoms with Gasteiger partial charge in [0.2, 0.25) is 0 Å². The van der Waals surface area contributed by atoms with Gasteiger partial charge < -0.3 is 4.74 Å². The van der Waals surface area contributed by atoms with Crippen LogP contribution in [0.25, 0.3) is 4.91 Å². The third-order valence-electron chi connectivity index (χ3n) is 2.94. The predicted octanol–water partition coefficient (Wildman–Crippen LogP) is 4.98. The quantitative estimate of drug-likeness (QED) is 0.721. The Morgan fingerprint density at radius 3 is 2.65 bits per heavy atom. The van der Waals surface area contributed by atoms with Crippen molar-refractivity contribution in [3.05, 3.63) is 63.6 Å². The molecule has 0 amide bonds. The third-order valence-corrected chi connectivity index (χ3v) is 6.29. The molecule has 0 aromatic heterocycles. The summed E-state index contributed by atoms with van der Waals surface area (Å²) in [7, 11) is -0.406. The second kappa shape index (κ2) is 5.98. The SMILES string of the molecule is S=S(C1=CCOc2cc(Br)ccc21)c1ccc(Cl)cc1. The van der Waals surface area contributed by atoms with Crippen molar-refractivity contribution in [1.29, 1.82) is 0 Å². The number of fused-ring (bicyclic) bond motifs is 1. The van der Waals surface area contributed by atoms with E-state index in [4.69, 9.17) is 27.5 Å². The number of halogens is 2. The van der Waals surface area contributed by atoms with Gasteiger partial charge in [0, 0.05) is 24.9 Å². The minimum Gasteiger partial charge on any atom is -0.489 e. The lowest BCUT2D eigenvalue weighted by Crippen LogP contribution is -2.07. The van der Waals surface area contributed by atoms with E-state index in [9.17, 15) is 0 Å². The van der Waals surface area contributed by atoms with Crippen LogP contribution in [0.4, 0.5) is 0 Å². The van der Waals surface area contributed by atoms with Gasteiger partial charge in [-0.15, -0.1) is 0 Å². The summed E-state index contributed by atoms with van der Waals surface area (Å²) >= 11 is 15.1. The van der Waals surface area contributed by atoms with Crippen LogP contribution < -0.4 is 4.74 Å². The molecule has 5 heteroatoms. The number of benzene rings is 2. The van der Waals surface area contributed by atoms with E-state index in [1.165, 1.54) is 0 Å². The van der Waals surface area contributed by atoms with Gasteiger partial charge in [-0.2, -0.15) is 0 Å². The van der Waals surface area contributed by atoms with Crippen molar-refractivity contribution >= 4 is 53.1 Å². The van der Waals surface area contributed by atoms with Crippen molar-refractivity contribution in [3.8, 4) is 5.75 Å². The van der Waals surface area contributed by atoms with Gasteiger partial charge in [-0.25, -0.2) is 0 Å². The number of hydrogen-bond acceptors (Lipinski definition) is 2. The van der Waals surface area contributed by atoms with E-state index in [2.05, 4.69) is 22.0 Å². The first-order valence-electron chi connectivity index (χ1n) is 5.95. The molecule has 1 aliphatic rings. The van der Waals surface area contributed by atoms with Crippen LogP contribution in [0.15, 0.2) is 57.9 Å². The first-order chi connectivity index (χ1) is 9.65. The average Bonchev–Trinajstić information content (AvgIpc) is 2.46.